The Morgan fingerprint density at radius 3 is 2.83 bits per heavy atom. The zero-order valence-electron chi connectivity index (χ0n) is 13.8. The molecule has 2 saturated heterocycles. The molecule has 0 radical (unpaired) electrons. The van der Waals surface area contributed by atoms with Gasteiger partial charge in [-0.1, -0.05) is 35.3 Å². The second-order valence-electron chi connectivity index (χ2n) is 7.07. The molecule has 2 aliphatic heterocycles. The van der Waals surface area contributed by atoms with Gasteiger partial charge in [0, 0.05) is 38.0 Å². The molecule has 2 heterocycles. The first kappa shape index (κ1) is 18.0. The van der Waals surface area contributed by atoms with Crippen LogP contribution >= 0.6 is 23.2 Å². The molecule has 2 aliphatic rings. The van der Waals surface area contributed by atoms with E-state index >= 15 is 0 Å². The van der Waals surface area contributed by atoms with Crippen LogP contribution in [0.2, 0.25) is 10.0 Å². The number of likely N-dealkylation sites (tertiary alicyclic amines) is 2. The second kappa shape index (κ2) is 7.61. The minimum atomic E-state index is 0.0314. The number of hydrogen-bond donors (Lipinski definition) is 1. The van der Waals surface area contributed by atoms with Crippen LogP contribution in [0.3, 0.4) is 0 Å². The van der Waals surface area contributed by atoms with Crippen LogP contribution in [0.5, 0.6) is 0 Å². The van der Waals surface area contributed by atoms with Crippen LogP contribution in [0, 0.1) is 5.41 Å². The zero-order chi connectivity index (χ0) is 17.2. The van der Waals surface area contributed by atoms with Crippen LogP contribution in [0.25, 0.3) is 0 Å². The molecule has 3 rings (SSSR count). The SMILES string of the molecule is O=C1CCC2(CCCN(Cc3cccc(Cl)c3Cl)C2)CN1CCO. The molecule has 1 unspecified atom stereocenters. The van der Waals surface area contributed by atoms with E-state index in [4.69, 9.17) is 23.2 Å². The van der Waals surface area contributed by atoms with Gasteiger partial charge in [0.25, 0.3) is 0 Å². The highest BCUT2D eigenvalue weighted by molar-refractivity contribution is 6.42. The van der Waals surface area contributed by atoms with Gasteiger partial charge in [0.1, 0.15) is 0 Å². The summed E-state index contributed by atoms with van der Waals surface area (Å²) in [6.07, 6.45) is 3.79. The topological polar surface area (TPSA) is 43.8 Å². The summed E-state index contributed by atoms with van der Waals surface area (Å²) >= 11 is 12.5. The largest absolute Gasteiger partial charge is 0.395 e. The van der Waals surface area contributed by atoms with Crippen LogP contribution < -0.4 is 0 Å². The number of β-amino-alcohol motifs (C(OH)–C–C–N with tert-alkyl or cyclic N) is 1. The number of hydrogen-bond acceptors (Lipinski definition) is 3. The van der Waals surface area contributed by atoms with Crippen molar-refractivity contribution in [2.45, 2.75) is 32.2 Å². The second-order valence-corrected chi connectivity index (χ2v) is 7.85. The maximum absolute atomic E-state index is 12.0. The molecule has 0 aliphatic carbocycles. The summed E-state index contributed by atoms with van der Waals surface area (Å²) in [7, 11) is 0. The van der Waals surface area contributed by atoms with E-state index in [0.717, 1.165) is 51.0 Å². The summed E-state index contributed by atoms with van der Waals surface area (Å²) in [5.41, 5.74) is 1.20. The minimum absolute atomic E-state index is 0.0314. The Morgan fingerprint density at radius 2 is 2.04 bits per heavy atom. The van der Waals surface area contributed by atoms with Gasteiger partial charge >= 0.3 is 0 Å². The molecule has 1 atom stereocenters. The molecular formula is C18H24Cl2N2O2. The van der Waals surface area contributed by atoms with Crippen molar-refractivity contribution in [1.82, 2.24) is 9.80 Å². The number of halogens is 2. The van der Waals surface area contributed by atoms with Crippen molar-refractivity contribution in [3.05, 3.63) is 33.8 Å². The molecule has 132 valence electrons. The van der Waals surface area contributed by atoms with Crippen molar-refractivity contribution < 1.29 is 9.90 Å². The first-order valence-electron chi connectivity index (χ1n) is 8.57. The molecule has 1 N–H and O–H groups in total. The van der Waals surface area contributed by atoms with Crippen LogP contribution in [-0.2, 0) is 11.3 Å². The Labute approximate surface area is 153 Å². The summed E-state index contributed by atoms with van der Waals surface area (Å²) < 4.78 is 0. The summed E-state index contributed by atoms with van der Waals surface area (Å²) in [5.74, 6) is 0.171. The number of carbonyl (C=O) groups excluding carboxylic acids is 1. The molecule has 2 fully saturated rings. The minimum Gasteiger partial charge on any atom is -0.395 e. The number of aliphatic hydroxyl groups is 1. The monoisotopic (exact) mass is 370 g/mol. The number of benzene rings is 1. The number of amides is 1. The van der Waals surface area contributed by atoms with Gasteiger partial charge in [0.2, 0.25) is 5.91 Å². The van der Waals surface area contributed by atoms with Crippen LogP contribution in [0.4, 0.5) is 0 Å². The lowest BCUT2D eigenvalue weighted by Crippen LogP contribution is -2.54. The number of carbonyl (C=O) groups is 1. The third kappa shape index (κ3) is 3.88. The molecular weight excluding hydrogens is 347 g/mol. The van der Waals surface area contributed by atoms with Gasteiger partial charge in [-0.25, -0.2) is 0 Å². The van der Waals surface area contributed by atoms with E-state index in [1.807, 2.05) is 23.1 Å². The standard InChI is InChI=1S/C18H24Cl2N2O2/c19-15-4-1-3-14(17(15)20)11-21-8-2-6-18(12-21)7-5-16(24)22(13-18)9-10-23/h1,3-4,23H,2,5-13H2. The van der Waals surface area contributed by atoms with Crippen LogP contribution in [-0.4, -0.2) is 53.6 Å². The maximum atomic E-state index is 12.0. The van der Waals surface area contributed by atoms with E-state index in [-0.39, 0.29) is 17.9 Å². The van der Waals surface area contributed by atoms with Gasteiger partial charge in [0.05, 0.1) is 16.7 Å². The molecule has 0 bridgehead atoms. The number of aliphatic hydroxyl groups excluding tert-OH is 1. The zero-order valence-corrected chi connectivity index (χ0v) is 15.3. The first-order chi connectivity index (χ1) is 11.5. The molecule has 1 aromatic rings. The Kier molecular flexibility index (Phi) is 5.70. The predicted octanol–water partition coefficient (Wildman–Crippen LogP) is 3.19. The number of piperidine rings is 2. The lowest BCUT2D eigenvalue weighted by Gasteiger charge is -2.48. The normalized spacial score (nSPS) is 25.5. The fourth-order valence-electron chi connectivity index (χ4n) is 4.12. The number of rotatable bonds is 4. The van der Waals surface area contributed by atoms with Crippen molar-refractivity contribution in [1.29, 1.82) is 0 Å². The Balaban J connectivity index is 1.70. The van der Waals surface area contributed by atoms with Gasteiger partial charge in [-0.2, -0.15) is 0 Å². The average Bonchev–Trinajstić information content (AvgIpc) is 2.56. The predicted molar refractivity (Wildman–Crippen MR) is 96.3 cm³/mol. The van der Waals surface area contributed by atoms with E-state index in [1.54, 1.807) is 0 Å². The molecule has 24 heavy (non-hydrogen) atoms. The van der Waals surface area contributed by atoms with Gasteiger partial charge in [-0.3, -0.25) is 9.69 Å². The van der Waals surface area contributed by atoms with Crippen LogP contribution in [0.1, 0.15) is 31.2 Å². The fourth-order valence-corrected chi connectivity index (χ4v) is 4.50. The van der Waals surface area contributed by atoms with E-state index in [0.29, 0.717) is 23.0 Å². The van der Waals surface area contributed by atoms with Gasteiger partial charge < -0.3 is 10.0 Å². The molecule has 6 heteroatoms. The highest BCUT2D eigenvalue weighted by Crippen LogP contribution is 2.39. The highest BCUT2D eigenvalue weighted by atomic mass is 35.5. The highest BCUT2D eigenvalue weighted by Gasteiger charge is 2.41. The van der Waals surface area contributed by atoms with E-state index < -0.39 is 0 Å². The summed E-state index contributed by atoms with van der Waals surface area (Å²) in [5, 5.41) is 10.4. The third-order valence-corrected chi connectivity index (χ3v) is 6.14. The molecule has 1 spiro atoms. The van der Waals surface area contributed by atoms with Crippen molar-refractivity contribution in [3.63, 3.8) is 0 Å². The third-order valence-electron chi connectivity index (χ3n) is 5.28. The van der Waals surface area contributed by atoms with Gasteiger partial charge in [-0.15, -0.1) is 0 Å². The van der Waals surface area contributed by atoms with E-state index in [2.05, 4.69) is 4.90 Å². The summed E-state index contributed by atoms with van der Waals surface area (Å²) in [6, 6.07) is 5.77. The first-order valence-corrected chi connectivity index (χ1v) is 9.32. The smallest absolute Gasteiger partial charge is 0.222 e. The molecule has 1 amide bonds. The summed E-state index contributed by atoms with van der Waals surface area (Å²) in [6.45, 7) is 4.02. The molecule has 4 nitrogen and oxygen atoms in total. The van der Waals surface area contributed by atoms with Crippen molar-refractivity contribution in [2.75, 3.05) is 32.8 Å². The van der Waals surface area contributed by atoms with Crippen LogP contribution in [0.15, 0.2) is 18.2 Å². The Bertz CT molecular complexity index is 611. The fraction of sp³-hybridized carbons (Fsp3) is 0.611. The Morgan fingerprint density at radius 1 is 1.21 bits per heavy atom. The van der Waals surface area contributed by atoms with E-state index in [1.165, 1.54) is 0 Å². The Hall–Kier alpha value is -0.810. The molecule has 0 saturated carbocycles. The maximum Gasteiger partial charge on any atom is 0.222 e. The van der Waals surface area contributed by atoms with Gasteiger partial charge in [0.15, 0.2) is 0 Å². The van der Waals surface area contributed by atoms with Gasteiger partial charge in [-0.05, 0) is 37.4 Å². The average molecular weight is 371 g/mol. The lowest BCUT2D eigenvalue weighted by molar-refractivity contribution is -0.140. The van der Waals surface area contributed by atoms with E-state index in [9.17, 15) is 9.90 Å². The summed E-state index contributed by atoms with van der Waals surface area (Å²) in [4.78, 5) is 16.3. The van der Waals surface area contributed by atoms with Crippen molar-refractivity contribution >= 4 is 29.1 Å². The molecule has 0 aromatic heterocycles. The van der Waals surface area contributed by atoms with Crippen molar-refractivity contribution in [3.8, 4) is 0 Å². The number of nitrogens with zero attached hydrogens (tertiary/aromatic N) is 2. The lowest BCUT2D eigenvalue weighted by atomic mass is 9.73. The molecule has 1 aromatic carbocycles. The quantitative estimate of drug-likeness (QED) is 0.884. The van der Waals surface area contributed by atoms with Crippen molar-refractivity contribution in [2.24, 2.45) is 5.41 Å².